The molecule has 0 aromatic rings. The highest BCUT2D eigenvalue weighted by atomic mass is 16.6. The lowest BCUT2D eigenvalue weighted by Gasteiger charge is -2.41. The molecule has 5 heteroatoms. The van der Waals surface area contributed by atoms with E-state index < -0.39 is 11.7 Å². The Morgan fingerprint density at radius 2 is 2.12 bits per heavy atom. The van der Waals surface area contributed by atoms with Gasteiger partial charge < -0.3 is 20.5 Å². The van der Waals surface area contributed by atoms with Gasteiger partial charge in [-0.3, -0.25) is 0 Å². The summed E-state index contributed by atoms with van der Waals surface area (Å²) in [6, 6.07) is -0.243. The molecule has 1 amide bonds. The Morgan fingerprint density at radius 3 is 2.59 bits per heavy atom. The Morgan fingerprint density at radius 1 is 1.53 bits per heavy atom. The summed E-state index contributed by atoms with van der Waals surface area (Å²) < 4.78 is 5.31. The minimum atomic E-state index is -0.568. The largest absolute Gasteiger partial charge is 0.444 e. The maximum Gasteiger partial charge on any atom is 0.410 e. The summed E-state index contributed by atoms with van der Waals surface area (Å²) in [4.78, 5) is 13.5. The summed E-state index contributed by atoms with van der Waals surface area (Å²) in [5.41, 5.74) is 5.08. The van der Waals surface area contributed by atoms with E-state index in [4.69, 9.17) is 10.5 Å². The molecule has 1 rings (SSSR count). The van der Waals surface area contributed by atoms with E-state index >= 15 is 0 Å². The molecule has 1 aliphatic rings. The van der Waals surface area contributed by atoms with Crippen LogP contribution in [-0.2, 0) is 4.74 Å². The highest BCUT2D eigenvalue weighted by Gasteiger charge is 2.37. The lowest BCUT2D eigenvalue weighted by molar-refractivity contribution is -0.0383. The van der Waals surface area contributed by atoms with E-state index in [9.17, 15) is 9.90 Å². The quantitative estimate of drug-likeness (QED) is 0.720. The van der Waals surface area contributed by atoms with Crippen molar-refractivity contribution in [2.45, 2.75) is 51.9 Å². The van der Waals surface area contributed by atoms with Gasteiger partial charge in [-0.15, -0.1) is 0 Å². The molecule has 100 valence electrons. The topological polar surface area (TPSA) is 75.8 Å². The Hall–Kier alpha value is -0.810. The number of ether oxygens (including phenoxy) is 1. The van der Waals surface area contributed by atoms with Crippen LogP contribution >= 0.6 is 0 Å². The van der Waals surface area contributed by atoms with Crippen LogP contribution in [0.3, 0.4) is 0 Å². The van der Waals surface area contributed by atoms with E-state index in [1.54, 1.807) is 4.90 Å². The highest BCUT2D eigenvalue weighted by Crippen LogP contribution is 2.24. The molecule has 0 saturated carbocycles. The number of nitrogens with two attached hydrogens (primary N) is 1. The van der Waals surface area contributed by atoms with Gasteiger partial charge in [0.15, 0.2) is 0 Å². The minimum Gasteiger partial charge on any atom is -0.444 e. The summed E-state index contributed by atoms with van der Waals surface area (Å²) >= 11 is 0. The van der Waals surface area contributed by atoms with Crippen molar-refractivity contribution in [3.63, 3.8) is 0 Å². The molecule has 0 aromatic carbocycles. The van der Waals surface area contributed by atoms with Crippen molar-refractivity contribution < 1.29 is 14.6 Å². The van der Waals surface area contributed by atoms with Crippen LogP contribution < -0.4 is 5.73 Å². The number of piperidine rings is 1. The number of carbonyl (C=O) groups excluding carboxylic acids is 1. The van der Waals surface area contributed by atoms with Crippen LogP contribution in [0.15, 0.2) is 0 Å². The summed E-state index contributed by atoms with van der Waals surface area (Å²) in [5, 5.41) is 10.0. The Bertz CT molecular complexity index is 275. The smallest absolute Gasteiger partial charge is 0.410 e. The summed E-state index contributed by atoms with van der Waals surface area (Å²) in [6.07, 6.45) is -0.206. The van der Waals surface area contributed by atoms with Crippen molar-refractivity contribution in [1.82, 2.24) is 4.90 Å². The molecule has 1 aliphatic heterocycles. The number of amides is 1. The van der Waals surface area contributed by atoms with Crippen LogP contribution in [0.2, 0.25) is 0 Å². The Balaban J connectivity index is 2.64. The van der Waals surface area contributed by atoms with Gasteiger partial charge in [0.1, 0.15) is 5.60 Å². The lowest BCUT2D eigenvalue weighted by atomic mass is 9.89. The maximum absolute atomic E-state index is 11.9. The van der Waals surface area contributed by atoms with Gasteiger partial charge in [0.2, 0.25) is 0 Å². The van der Waals surface area contributed by atoms with E-state index in [0.29, 0.717) is 13.1 Å². The molecule has 3 unspecified atom stereocenters. The molecule has 1 saturated heterocycles. The molecule has 0 bridgehead atoms. The number of aliphatic hydroxyl groups is 1. The van der Waals surface area contributed by atoms with E-state index in [0.717, 1.165) is 6.42 Å². The number of hydrogen-bond acceptors (Lipinski definition) is 4. The van der Waals surface area contributed by atoms with Crippen molar-refractivity contribution in [2.75, 3.05) is 13.1 Å². The van der Waals surface area contributed by atoms with Crippen molar-refractivity contribution in [2.24, 2.45) is 11.7 Å². The first-order valence-electron chi connectivity index (χ1n) is 6.14. The van der Waals surface area contributed by atoms with Gasteiger partial charge in [-0.05, 0) is 40.7 Å². The maximum atomic E-state index is 11.9. The highest BCUT2D eigenvalue weighted by molar-refractivity contribution is 5.68. The average Bonchev–Trinajstić information content (AvgIpc) is 2.19. The molecule has 1 fully saturated rings. The Labute approximate surface area is 103 Å². The fourth-order valence-corrected chi connectivity index (χ4v) is 2.09. The average molecular weight is 244 g/mol. The second kappa shape index (κ2) is 5.23. The van der Waals surface area contributed by atoms with Gasteiger partial charge >= 0.3 is 6.09 Å². The zero-order valence-corrected chi connectivity index (χ0v) is 11.1. The van der Waals surface area contributed by atoms with E-state index in [2.05, 4.69) is 0 Å². The monoisotopic (exact) mass is 244 g/mol. The van der Waals surface area contributed by atoms with Crippen LogP contribution in [0.1, 0.15) is 34.1 Å². The molecule has 5 nitrogen and oxygen atoms in total. The third kappa shape index (κ3) is 3.57. The molecule has 1 heterocycles. The van der Waals surface area contributed by atoms with Gasteiger partial charge in [0, 0.05) is 12.5 Å². The van der Waals surface area contributed by atoms with Crippen molar-refractivity contribution >= 4 is 6.09 Å². The molecule has 0 aromatic heterocycles. The van der Waals surface area contributed by atoms with Crippen molar-refractivity contribution in [3.8, 4) is 0 Å². The third-order valence-corrected chi connectivity index (χ3v) is 3.14. The Kier molecular flexibility index (Phi) is 4.38. The first kappa shape index (κ1) is 14.3. The van der Waals surface area contributed by atoms with Gasteiger partial charge in [-0.1, -0.05) is 0 Å². The zero-order chi connectivity index (χ0) is 13.2. The van der Waals surface area contributed by atoms with Gasteiger partial charge in [-0.25, -0.2) is 4.79 Å². The number of rotatable bonds is 1. The molecule has 3 atom stereocenters. The molecular formula is C12H24N2O3. The minimum absolute atomic E-state index is 0.0729. The second-order valence-corrected chi connectivity index (χ2v) is 5.69. The first-order valence-corrected chi connectivity index (χ1v) is 6.14. The molecule has 0 spiro atoms. The van der Waals surface area contributed by atoms with Crippen LogP contribution in [0.4, 0.5) is 4.79 Å². The molecule has 0 aliphatic carbocycles. The zero-order valence-electron chi connectivity index (χ0n) is 11.1. The van der Waals surface area contributed by atoms with Crippen LogP contribution in [0, 0.1) is 5.92 Å². The predicted octanol–water partition coefficient (Wildman–Crippen LogP) is 0.952. The lowest BCUT2D eigenvalue weighted by Crippen LogP contribution is -2.55. The fourth-order valence-electron chi connectivity index (χ4n) is 2.09. The summed E-state index contributed by atoms with van der Waals surface area (Å²) in [6.45, 7) is 8.37. The van der Waals surface area contributed by atoms with Crippen LogP contribution in [-0.4, -0.2) is 46.9 Å². The van der Waals surface area contributed by atoms with Crippen LogP contribution in [0.5, 0.6) is 0 Å². The first-order chi connectivity index (χ1) is 7.76. The van der Waals surface area contributed by atoms with E-state index in [1.165, 1.54) is 0 Å². The summed E-state index contributed by atoms with van der Waals surface area (Å²) in [5.74, 6) is 0.0729. The molecule has 0 radical (unpaired) electrons. The third-order valence-electron chi connectivity index (χ3n) is 3.14. The number of likely N-dealkylation sites (tertiary alicyclic amines) is 1. The van der Waals surface area contributed by atoms with Gasteiger partial charge in [0.05, 0.1) is 12.1 Å². The predicted molar refractivity (Wildman–Crippen MR) is 65.6 cm³/mol. The second-order valence-electron chi connectivity index (χ2n) is 5.69. The summed E-state index contributed by atoms with van der Waals surface area (Å²) in [7, 11) is 0. The van der Waals surface area contributed by atoms with Crippen molar-refractivity contribution in [1.29, 1.82) is 0 Å². The van der Waals surface area contributed by atoms with E-state index in [-0.39, 0.29) is 18.1 Å². The van der Waals surface area contributed by atoms with Crippen molar-refractivity contribution in [3.05, 3.63) is 0 Å². The molecule has 17 heavy (non-hydrogen) atoms. The fraction of sp³-hybridized carbons (Fsp3) is 0.917. The number of hydrogen-bond donors (Lipinski definition) is 2. The SMILES string of the molecule is CC1C(O)C(CN)CCN1C(=O)OC(C)(C)C. The van der Waals surface area contributed by atoms with Gasteiger partial charge in [-0.2, -0.15) is 0 Å². The number of aliphatic hydroxyl groups excluding tert-OH is 1. The number of nitrogens with zero attached hydrogens (tertiary/aromatic N) is 1. The molecule has 3 N–H and O–H groups in total. The van der Waals surface area contributed by atoms with Gasteiger partial charge in [0.25, 0.3) is 0 Å². The van der Waals surface area contributed by atoms with Crippen LogP contribution in [0.25, 0.3) is 0 Å². The van der Waals surface area contributed by atoms with E-state index in [1.807, 2.05) is 27.7 Å². The standard InChI is InChI=1S/C12H24N2O3/c1-8-10(15)9(7-13)5-6-14(8)11(16)17-12(2,3)4/h8-10,15H,5-7,13H2,1-4H3. The molecular weight excluding hydrogens is 220 g/mol. The number of carbonyl (C=O) groups is 1. The normalized spacial score (nSPS) is 30.2.